The van der Waals surface area contributed by atoms with Crippen LogP contribution in [0.4, 0.5) is 0 Å². The third-order valence-corrected chi connectivity index (χ3v) is 4.64. The standard InChI is InChI=1S/C20H25N5O7/c21-8-16(26)23-10-17(27)24-15(7-11-9-22-13-4-2-1-3-12(11)13)19(30)25-14(20(31)32)5-6-18(28)29/h1-4,9,14-15,22H,5-8,10,21H2,(H,23,26)(H,24,27)(H,25,30)(H,28,29)(H,31,32). The Bertz CT molecular complexity index is 1000. The highest BCUT2D eigenvalue weighted by Crippen LogP contribution is 2.19. The molecule has 0 aliphatic rings. The van der Waals surface area contributed by atoms with E-state index in [1.54, 1.807) is 6.20 Å². The molecule has 2 rings (SSSR count). The molecule has 0 saturated carbocycles. The van der Waals surface area contributed by atoms with Gasteiger partial charge in [-0.1, -0.05) is 18.2 Å². The lowest BCUT2D eigenvalue weighted by molar-refractivity contribution is -0.143. The first-order valence-corrected chi connectivity index (χ1v) is 9.77. The van der Waals surface area contributed by atoms with Crippen LogP contribution in [-0.2, 0) is 30.4 Å². The summed E-state index contributed by atoms with van der Waals surface area (Å²) in [5, 5.41) is 26.0. The summed E-state index contributed by atoms with van der Waals surface area (Å²) in [5.74, 6) is -4.63. The molecule has 12 heteroatoms. The molecule has 0 fully saturated rings. The number of fused-ring (bicyclic) bond motifs is 1. The van der Waals surface area contributed by atoms with Crippen LogP contribution in [0, 0.1) is 0 Å². The second-order valence-corrected chi connectivity index (χ2v) is 7.00. The van der Waals surface area contributed by atoms with Crippen LogP contribution in [0.15, 0.2) is 30.5 Å². The number of amides is 3. The van der Waals surface area contributed by atoms with Crippen LogP contribution in [0.3, 0.4) is 0 Å². The van der Waals surface area contributed by atoms with E-state index in [9.17, 15) is 29.1 Å². The van der Waals surface area contributed by atoms with Gasteiger partial charge in [-0.2, -0.15) is 0 Å². The molecule has 12 nitrogen and oxygen atoms in total. The van der Waals surface area contributed by atoms with Crippen molar-refractivity contribution in [3.8, 4) is 0 Å². The molecule has 172 valence electrons. The maximum Gasteiger partial charge on any atom is 0.326 e. The molecule has 2 atom stereocenters. The van der Waals surface area contributed by atoms with Gasteiger partial charge < -0.3 is 36.9 Å². The van der Waals surface area contributed by atoms with Crippen LogP contribution >= 0.6 is 0 Å². The van der Waals surface area contributed by atoms with E-state index in [1.807, 2.05) is 24.3 Å². The van der Waals surface area contributed by atoms with E-state index >= 15 is 0 Å². The monoisotopic (exact) mass is 447 g/mol. The van der Waals surface area contributed by atoms with Gasteiger partial charge in [0.05, 0.1) is 13.1 Å². The molecule has 0 bridgehead atoms. The van der Waals surface area contributed by atoms with Gasteiger partial charge in [-0.3, -0.25) is 19.2 Å². The summed E-state index contributed by atoms with van der Waals surface area (Å²) in [6.07, 6.45) is 0.919. The summed E-state index contributed by atoms with van der Waals surface area (Å²) in [4.78, 5) is 61.6. The number of carboxylic acid groups (broad SMARTS) is 2. The highest BCUT2D eigenvalue weighted by Gasteiger charge is 2.28. The van der Waals surface area contributed by atoms with Gasteiger partial charge in [0.1, 0.15) is 12.1 Å². The van der Waals surface area contributed by atoms with Crippen molar-refractivity contribution in [3.63, 3.8) is 0 Å². The zero-order chi connectivity index (χ0) is 23.7. The number of nitrogens with one attached hydrogen (secondary N) is 4. The molecule has 1 heterocycles. The zero-order valence-corrected chi connectivity index (χ0v) is 17.1. The average molecular weight is 447 g/mol. The minimum absolute atomic E-state index is 0.0255. The molecule has 2 aromatic rings. The van der Waals surface area contributed by atoms with Crippen LogP contribution < -0.4 is 21.7 Å². The minimum Gasteiger partial charge on any atom is -0.481 e. The number of aromatic nitrogens is 1. The van der Waals surface area contributed by atoms with E-state index in [4.69, 9.17) is 10.8 Å². The number of hydrogen-bond acceptors (Lipinski definition) is 6. The molecule has 1 aromatic carbocycles. The van der Waals surface area contributed by atoms with Crippen LogP contribution in [-0.4, -0.2) is 70.0 Å². The van der Waals surface area contributed by atoms with Crippen molar-refractivity contribution in [1.29, 1.82) is 0 Å². The molecular weight excluding hydrogens is 422 g/mol. The summed E-state index contributed by atoms with van der Waals surface area (Å²) < 4.78 is 0. The van der Waals surface area contributed by atoms with Crippen molar-refractivity contribution in [1.82, 2.24) is 20.9 Å². The van der Waals surface area contributed by atoms with E-state index in [0.29, 0.717) is 5.56 Å². The fraction of sp³-hybridized carbons (Fsp3) is 0.350. The molecule has 1 aromatic heterocycles. The largest absolute Gasteiger partial charge is 0.481 e. The normalized spacial score (nSPS) is 12.5. The predicted octanol–water partition coefficient (Wildman–Crippen LogP) is -1.30. The first kappa shape index (κ1) is 24.3. The average Bonchev–Trinajstić information content (AvgIpc) is 3.16. The molecule has 0 aliphatic heterocycles. The van der Waals surface area contributed by atoms with Crippen molar-refractivity contribution >= 4 is 40.6 Å². The van der Waals surface area contributed by atoms with Crippen LogP contribution in [0.25, 0.3) is 10.9 Å². The molecule has 0 spiro atoms. The third-order valence-electron chi connectivity index (χ3n) is 4.64. The SMILES string of the molecule is NCC(=O)NCC(=O)NC(Cc1c[nH]c2ccccc12)C(=O)NC(CCC(=O)O)C(=O)O. The Balaban J connectivity index is 2.18. The summed E-state index contributed by atoms with van der Waals surface area (Å²) in [6.45, 7) is -0.731. The van der Waals surface area contributed by atoms with Crippen LogP contribution in [0.5, 0.6) is 0 Å². The Hall–Kier alpha value is -3.93. The van der Waals surface area contributed by atoms with Crippen molar-refractivity contribution in [2.45, 2.75) is 31.3 Å². The fourth-order valence-electron chi connectivity index (χ4n) is 3.02. The van der Waals surface area contributed by atoms with Crippen LogP contribution in [0.2, 0.25) is 0 Å². The van der Waals surface area contributed by atoms with E-state index in [0.717, 1.165) is 10.9 Å². The Morgan fingerprint density at radius 2 is 1.72 bits per heavy atom. The van der Waals surface area contributed by atoms with Gasteiger partial charge in [-0.05, 0) is 18.1 Å². The number of hydrogen-bond donors (Lipinski definition) is 7. The zero-order valence-electron chi connectivity index (χ0n) is 17.1. The molecular formula is C20H25N5O7. The molecule has 8 N–H and O–H groups in total. The lowest BCUT2D eigenvalue weighted by Gasteiger charge is -2.21. The summed E-state index contributed by atoms with van der Waals surface area (Å²) in [7, 11) is 0. The summed E-state index contributed by atoms with van der Waals surface area (Å²) in [5.41, 5.74) is 6.69. The van der Waals surface area contributed by atoms with E-state index in [2.05, 4.69) is 20.9 Å². The lowest BCUT2D eigenvalue weighted by Crippen LogP contribution is -2.54. The number of para-hydroxylation sites is 1. The molecule has 0 saturated heterocycles. The number of H-pyrrole nitrogens is 1. The van der Waals surface area contributed by atoms with Gasteiger partial charge in [-0.25, -0.2) is 4.79 Å². The minimum atomic E-state index is -1.45. The second kappa shape index (κ2) is 11.5. The molecule has 0 radical (unpaired) electrons. The van der Waals surface area contributed by atoms with Crippen molar-refractivity contribution < 1.29 is 34.2 Å². The van der Waals surface area contributed by atoms with E-state index < -0.39 is 54.7 Å². The van der Waals surface area contributed by atoms with Crippen LogP contribution in [0.1, 0.15) is 18.4 Å². The van der Waals surface area contributed by atoms with Gasteiger partial charge >= 0.3 is 11.9 Å². The van der Waals surface area contributed by atoms with Gasteiger partial charge in [0.2, 0.25) is 17.7 Å². The maximum atomic E-state index is 12.8. The second-order valence-electron chi connectivity index (χ2n) is 7.00. The smallest absolute Gasteiger partial charge is 0.326 e. The molecule has 0 aliphatic carbocycles. The Morgan fingerprint density at radius 3 is 2.38 bits per heavy atom. The number of rotatable bonds is 12. The van der Waals surface area contributed by atoms with E-state index in [-0.39, 0.29) is 19.4 Å². The quantitative estimate of drug-likeness (QED) is 0.208. The fourth-order valence-corrected chi connectivity index (χ4v) is 3.02. The van der Waals surface area contributed by atoms with Gasteiger partial charge in [0.15, 0.2) is 0 Å². The Morgan fingerprint density at radius 1 is 1.00 bits per heavy atom. The van der Waals surface area contributed by atoms with E-state index in [1.165, 1.54) is 0 Å². The van der Waals surface area contributed by atoms with Crippen molar-refractivity contribution in [3.05, 3.63) is 36.0 Å². The number of carboxylic acids is 2. The van der Waals surface area contributed by atoms with Gasteiger partial charge in [-0.15, -0.1) is 0 Å². The Kier molecular flexibility index (Phi) is 8.72. The highest BCUT2D eigenvalue weighted by molar-refractivity contribution is 5.93. The number of carbonyl (C=O) groups excluding carboxylic acids is 3. The summed E-state index contributed by atoms with van der Waals surface area (Å²) in [6, 6.07) is 4.67. The topological polar surface area (TPSA) is 204 Å². The molecule has 3 amide bonds. The first-order valence-electron chi connectivity index (χ1n) is 9.77. The maximum absolute atomic E-state index is 12.8. The number of benzene rings is 1. The number of nitrogens with two attached hydrogens (primary N) is 1. The predicted molar refractivity (Wildman–Crippen MR) is 112 cm³/mol. The number of aliphatic carboxylic acids is 2. The summed E-state index contributed by atoms with van der Waals surface area (Å²) >= 11 is 0. The number of carbonyl (C=O) groups is 5. The molecule has 32 heavy (non-hydrogen) atoms. The van der Waals surface area contributed by atoms with Crippen molar-refractivity contribution in [2.75, 3.05) is 13.1 Å². The first-order chi connectivity index (χ1) is 15.2. The number of aromatic amines is 1. The lowest BCUT2D eigenvalue weighted by atomic mass is 10.0. The Labute approximate surface area is 182 Å². The van der Waals surface area contributed by atoms with Crippen molar-refractivity contribution in [2.24, 2.45) is 5.73 Å². The van der Waals surface area contributed by atoms with Gasteiger partial charge in [0, 0.05) is 29.9 Å². The van der Waals surface area contributed by atoms with Gasteiger partial charge in [0.25, 0.3) is 0 Å². The highest BCUT2D eigenvalue weighted by atomic mass is 16.4. The molecule has 2 unspecified atom stereocenters. The third kappa shape index (κ3) is 7.09.